The predicted molar refractivity (Wildman–Crippen MR) is 255 cm³/mol. The summed E-state index contributed by atoms with van der Waals surface area (Å²) in [5, 5.41) is 0. The van der Waals surface area contributed by atoms with E-state index in [0.717, 1.165) is 12.8 Å². The standard InChI is InChI=1S/C56H58BN3/c1-35-17-16-19-39(29-35)58-47-30-36(2)23-24-44(47)57-45-32-38(52(3,4)5)31-43-51(45)60(56(9)41-20-11-10-18-37(41)25-28-54(43,56)7)49-34-40(33-48(58)50(49)57)59-46-22-13-12-21-42(46)53(6)26-14-15-27-55(53,59)8/h10-13,16-24,29-34H,14-15,25-28H2,1-9H3. The van der Waals surface area contributed by atoms with E-state index >= 15 is 0 Å². The quantitative estimate of drug-likeness (QED) is 0.162. The van der Waals surface area contributed by atoms with Crippen LogP contribution in [0, 0.1) is 13.8 Å². The Balaban J connectivity index is 1.25. The van der Waals surface area contributed by atoms with Gasteiger partial charge in [0, 0.05) is 50.6 Å². The third-order valence-electron chi connectivity index (χ3n) is 17.3. The zero-order chi connectivity index (χ0) is 41.3. The first-order valence-electron chi connectivity index (χ1n) is 22.8. The molecule has 6 aliphatic rings. The molecule has 6 aromatic rings. The minimum absolute atomic E-state index is 0.00510. The molecule has 1 fully saturated rings. The fourth-order valence-corrected chi connectivity index (χ4v) is 13.7. The molecule has 0 saturated heterocycles. The van der Waals surface area contributed by atoms with E-state index in [9.17, 15) is 0 Å². The van der Waals surface area contributed by atoms with Crippen LogP contribution in [0.5, 0.6) is 0 Å². The van der Waals surface area contributed by atoms with Gasteiger partial charge in [0.1, 0.15) is 0 Å². The SMILES string of the molecule is Cc1cccc(N2c3cc(C)ccc3B3c4cc(C(C)(C)C)cc5c4N(c4cc(N6c7ccccc7C7(C)CCCCC67C)cc2c43)C2(C)c3ccccc3CCC52C)c1. The van der Waals surface area contributed by atoms with Crippen LogP contribution < -0.4 is 31.1 Å². The van der Waals surface area contributed by atoms with Crippen molar-refractivity contribution in [2.45, 2.75) is 128 Å². The number of hydrogen-bond donors (Lipinski definition) is 0. The van der Waals surface area contributed by atoms with Gasteiger partial charge in [-0.25, -0.2) is 0 Å². The first kappa shape index (κ1) is 36.6. The number of aryl methyl sites for hydroxylation is 3. The van der Waals surface area contributed by atoms with Crippen molar-refractivity contribution >= 4 is 62.9 Å². The minimum atomic E-state index is -0.305. The number of para-hydroxylation sites is 1. The predicted octanol–water partition coefficient (Wildman–Crippen LogP) is 12.2. The van der Waals surface area contributed by atoms with Gasteiger partial charge in [0.05, 0.1) is 11.1 Å². The van der Waals surface area contributed by atoms with Crippen LogP contribution in [0.2, 0.25) is 0 Å². The topological polar surface area (TPSA) is 9.72 Å². The Morgan fingerprint density at radius 2 is 1.28 bits per heavy atom. The Labute approximate surface area is 358 Å². The van der Waals surface area contributed by atoms with Gasteiger partial charge in [0.15, 0.2) is 0 Å². The van der Waals surface area contributed by atoms with Gasteiger partial charge >= 0.3 is 0 Å². The molecule has 0 spiro atoms. The fourth-order valence-electron chi connectivity index (χ4n) is 13.7. The normalized spacial score (nSPS) is 26.5. The molecule has 0 amide bonds. The third kappa shape index (κ3) is 4.33. The maximum Gasteiger partial charge on any atom is 0.252 e. The van der Waals surface area contributed by atoms with E-state index in [0.29, 0.717) is 0 Å². The molecular formula is C56H58BN3. The lowest BCUT2D eigenvalue weighted by molar-refractivity contribution is 0.195. The Morgan fingerprint density at radius 1 is 0.550 bits per heavy atom. The smallest absolute Gasteiger partial charge is 0.252 e. The molecule has 2 aliphatic carbocycles. The maximum absolute atomic E-state index is 2.90. The highest BCUT2D eigenvalue weighted by Crippen LogP contribution is 2.66. The van der Waals surface area contributed by atoms with Crippen LogP contribution in [0.15, 0.2) is 115 Å². The van der Waals surface area contributed by atoms with Crippen LogP contribution in [0.25, 0.3) is 0 Å². The van der Waals surface area contributed by atoms with Gasteiger partial charge in [-0.15, -0.1) is 0 Å². The van der Waals surface area contributed by atoms with Crippen molar-refractivity contribution in [2.24, 2.45) is 0 Å². The number of rotatable bonds is 2. The summed E-state index contributed by atoms with van der Waals surface area (Å²) in [4.78, 5) is 8.36. The molecule has 4 atom stereocenters. The summed E-state index contributed by atoms with van der Waals surface area (Å²) in [6.45, 7) is 22.2. The molecule has 0 bridgehead atoms. The third-order valence-corrected chi connectivity index (χ3v) is 17.3. The second kappa shape index (κ2) is 11.8. The number of hydrogen-bond acceptors (Lipinski definition) is 3. The lowest BCUT2D eigenvalue weighted by Gasteiger charge is -2.54. The lowest BCUT2D eigenvalue weighted by atomic mass is 9.33. The monoisotopic (exact) mass is 783 g/mol. The number of anilines is 7. The highest BCUT2D eigenvalue weighted by atomic mass is 15.3. The highest BCUT2D eigenvalue weighted by Gasteiger charge is 2.64. The molecule has 4 heterocycles. The van der Waals surface area contributed by atoms with Gasteiger partial charge < -0.3 is 14.7 Å². The summed E-state index contributed by atoms with van der Waals surface area (Å²) in [6.07, 6.45) is 7.13. The van der Waals surface area contributed by atoms with Crippen molar-refractivity contribution in [3.63, 3.8) is 0 Å². The van der Waals surface area contributed by atoms with Crippen LogP contribution in [0.3, 0.4) is 0 Å². The number of fused-ring (bicyclic) bond motifs is 12. The van der Waals surface area contributed by atoms with E-state index in [4.69, 9.17) is 0 Å². The highest BCUT2D eigenvalue weighted by molar-refractivity contribution is 7.00. The van der Waals surface area contributed by atoms with Crippen LogP contribution >= 0.6 is 0 Å². The van der Waals surface area contributed by atoms with E-state index < -0.39 is 0 Å². The number of nitrogens with zero attached hydrogens (tertiary/aromatic N) is 3. The Morgan fingerprint density at radius 3 is 2.08 bits per heavy atom. The fraction of sp³-hybridized carbons (Fsp3) is 0.357. The van der Waals surface area contributed by atoms with Crippen LogP contribution in [0.4, 0.5) is 39.8 Å². The van der Waals surface area contributed by atoms with Gasteiger partial charge in [-0.1, -0.05) is 126 Å². The molecule has 4 heteroatoms. The van der Waals surface area contributed by atoms with Gasteiger partial charge in [0.2, 0.25) is 0 Å². The molecule has 0 aromatic heterocycles. The van der Waals surface area contributed by atoms with Gasteiger partial charge in [-0.3, -0.25) is 0 Å². The Bertz CT molecular complexity index is 2850. The second-order valence-electron chi connectivity index (χ2n) is 21.3. The van der Waals surface area contributed by atoms with Crippen molar-refractivity contribution in [3.8, 4) is 0 Å². The summed E-state index contributed by atoms with van der Waals surface area (Å²) in [7, 11) is 0. The molecule has 3 nitrogen and oxygen atoms in total. The average molecular weight is 784 g/mol. The zero-order valence-electron chi connectivity index (χ0n) is 37.1. The zero-order valence-corrected chi connectivity index (χ0v) is 37.1. The van der Waals surface area contributed by atoms with E-state index in [-0.39, 0.29) is 34.0 Å². The molecule has 300 valence electrons. The van der Waals surface area contributed by atoms with E-state index in [1.165, 1.54) is 121 Å². The van der Waals surface area contributed by atoms with Crippen LogP contribution in [-0.2, 0) is 28.2 Å². The summed E-state index contributed by atoms with van der Waals surface area (Å²) < 4.78 is 0. The van der Waals surface area contributed by atoms with Crippen molar-refractivity contribution in [2.75, 3.05) is 14.7 Å². The van der Waals surface area contributed by atoms with Gasteiger partial charge in [-0.2, -0.15) is 0 Å². The average Bonchev–Trinajstić information content (AvgIpc) is 3.57. The minimum Gasteiger partial charge on any atom is -0.334 e. The van der Waals surface area contributed by atoms with Crippen LogP contribution in [0.1, 0.15) is 120 Å². The molecule has 60 heavy (non-hydrogen) atoms. The Hall–Kier alpha value is -5.22. The molecule has 1 saturated carbocycles. The van der Waals surface area contributed by atoms with Crippen molar-refractivity contribution in [3.05, 3.63) is 154 Å². The molecule has 12 rings (SSSR count). The summed E-state index contributed by atoms with van der Waals surface area (Å²) in [5.41, 5.74) is 23.3. The maximum atomic E-state index is 2.90. The van der Waals surface area contributed by atoms with E-state index in [2.05, 4.69) is 192 Å². The molecule has 4 aliphatic heterocycles. The first-order chi connectivity index (χ1) is 28.7. The summed E-state index contributed by atoms with van der Waals surface area (Å²) >= 11 is 0. The van der Waals surface area contributed by atoms with Crippen molar-refractivity contribution in [1.29, 1.82) is 0 Å². The number of benzene rings is 6. The molecule has 4 unspecified atom stereocenters. The molecule has 0 N–H and O–H groups in total. The molecule has 6 aromatic carbocycles. The van der Waals surface area contributed by atoms with Crippen molar-refractivity contribution < 1.29 is 0 Å². The summed E-state index contributed by atoms with van der Waals surface area (Å²) in [6, 6.07) is 45.9. The Kier molecular flexibility index (Phi) is 7.19. The van der Waals surface area contributed by atoms with Gasteiger partial charge in [0.25, 0.3) is 6.71 Å². The van der Waals surface area contributed by atoms with Gasteiger partial charge in [-0.05, 0) is 151 Å². The first-order valence-corrected chi connectivity index (χ1v) is 22.8. The molecular weight excluding hydrogens is 725 g/mol. The van der Waals surface area contributed by atoms with E-state index in [1.54, 1.807) is 0 Å². The van der Waals surface area contributed by atoms with E-state index in [1.807, 2.05) is 0 Å². The largest absolute Gasteiger partial charge is 0.334 e. The van der Waals surface area contributed by atoms with Crippen LogP contribution in [-0.4, -0.2) is 12.3 Å². The second-order valence-corrected chi connectivity index (χ2v) is 21.3. The summed E-state index contributed by atoms with van der Waals surface area (Å²) in [5.74, 6) is 0. The molecule has 0 radical (unpaired) electrons. The lowest BCUT2D eigenvalue weighted by Crippen LogP contribution is -2.64. The van der Waals surface area contributed by atoms with Crippen molar-refractivity contribution in [1.82, 2.24) is 0 Å².